The smallest absolute Gasteiger partial charge is 0.257 e. The van der Waals surface area contributed by atoms with Crippen molar-refractivity contribution < 1.29 is 4.79 Å². The Balaban J connectivity index is 2.21. The third-order valence-electron chi connectivity index (χ3n) is 3.31. The van der Waals surface area contributed by atoms with E-state index < -0.39 is 0 Å². The van der Waals surface area contributed by atoms with E-state index in [1.807, 2.05) is 18.9 Å². The molecule has 1 aliphatic rings. The van der Waals surface area contributed by atoms with Gasteiger partial charge in [0.1, 0.15) is 0 Å². The molecule has 94 valence electrons. The number of likely N-dealkylation sites (tertiary alicyclic amines) is 1. The summed E-state index contributed by atoms with van der Waals surface area (Å²) in [6.07, 6.45) is 5.03. The van der Waals surface area contributed by atoms with Crippen molar-refractivity contribution in [3.8, 4) is 0 Å². The first-order chi connectivity index (χ1) is 8.13. The summed E-state index contributed by atoms with van der Waals surface area (Å²) < 4.78 is 1.68. The fourth-order valence-corrected chi connectivity index (χ4v) is 2.71. The molecule has 17 heavy (non-hydrogen) atoms. The molecule has 0 N–H and O–H groups in total. The zero-order valence-electron chi connectivity index (χ0n) is 10.3. The van der Waals surface area contributed by atoms with Crippen LogP contribution in [0.2, 0.25) is 0 Å². The fraction of sp³-hybridized carbons (Fsp3) is 0.667. The SMILES string of the molecule is Cc1nn(C)cc1C(=O)N1CCCCC1CCl. The van der Waals surface area contributed by atoms with E-state index in [1.165, 1.54) is 0 Å². The predicted molar refractivity (Wildman–Crippen MR) is 67.3 cm³/mol. The van der Waals surface area contributed by atoms with Crippen molar-refractivity contribution in [3.05, 3.63) is 17.5 Å². The van der Waals surface area contributed by atoms with Gasteiger partial charge in [-0.1, -0.05) is 0 Å². The third kappa shape index (κ3) is 2.46. The molecule has 1 atom stereocenters. The molecule has 1 unspecified atom stereocenters. The first-order valence-corrected chi connectivity index (χ1v) is 6.54. The number of halogens is 1. The summed E-state index contributed by atoms with van der Waals surface area (Å²) in [4.78, 5) is 14.3. The molecule has 1 fully saturated rings. The Morgan fingerprint density at radius 1 is 1.59 bits per heavy atom. The maximum atomic E-state index is 12.4. The van der Waals surface area contributed by atoms with Gasteiger partial charge in [0.25, 0.3) is 5.91 Å². The summed E-state index contributed by atoms with van der Waals surface area (Å²) in [5, 5.41) is 4.21. The van der Waals surface area contributed by atoms with Crippen LogP contribution in [0.5, 0.6) is 0 Å². The average Bonchev–Trinajstić information content (AvgIpc) is 2.67. The predicted octanol–water partition coefficient (Wildman–Crippen LogP) is 1.96. The van der Waals surface area contributed by atoms with Crippen LogP contribution in [0.25, 0.3) is 0 Å². The zero-order chi connectivity index (χ0) is 12.4. The van der Waals surface area contributed by atoms with E-state index in [2.05, 4.69) is 5.10 Å². The van der Waals surface area contributed by atoms with Crippen LogP contribution < -0.4 is 0 Å². The van der Waals surface area contributed by atoms with Crippen molar-refractivity contribution >= 4 is 17.5 Å². The van der Waals surface area contributed by atoms with E-state index in [1.54, 1.807) is 10.9 Å². The highest BCUT2D eigenvalue weighted by atomic mass is 35.5. The molecule has 2 heterocycles. The summed E-state index contributed by atoms with van der Waals surface area (Å²) in [5.74, 6) is 0.589. The first kappa shape index (κ1) is 12.4. The molecule has 0 spiro atoms. The number of aryl methyl sites for hydroxylation is 2. The molecule has 0 radical (unpaired) electrons. The molecule has 1 amide bonds. The largest absolute Gasteiger partial charge is 0.334 e. The second-order valence-corrected chi connectivity index (χ2v) is 4.91. The van der Waals surface area contributed by atoms with Crippen molar-refractivity contribution in [1.29, 1.82) is 0 Å². The maximum absolute atomic E-state index is 12.4. The molecule has 1 aliphatic heterocycles. The van der Waals surface area contributed by atoms with E-state index in [9.17, 15) is 4.79 Å². The van der Waals surface area contributed by atoms with Crippen LogP contribution in [-0.2, 0) is 7.05 Å². The summed E-state index contributed by atoms with van der Waals surface area (Å²) in [6, 6.07) is 0.178. The van der Waals surface area contributed by atoms with Crippen molar-refractivity contribution in [1.82, 2.24) is 14.7 Å². The highest BCUT2D eigenvalue weighted by molar-refractivity contribution is 6.18. The van der Waals surface area contributed by atoms with Crippen LogP contribution in [0.3, 0.4) is 0 Å². The molecule has 4 nitrogen and oxygen atoms in total. The summed E-state index contributed by atoms with van der Waals surface area (Å²) >= 11 is 5.94. The molecule has 0 saturated carbocycles. The zero-order valence-corrected chi connectivity index (χ0v) is 11.1. The van der Waals surface area contributed by atoms with Gasteiger partial charge in [-0.2, -0.15) is 5.10 Å². The van der Waals surface area contributed by atoms with Gasteiger partial charge >= 0.3 is 0 Å². The number of amides is 1. The average molecular weight is 256 g/mol. The van der Waals surface area contributed by atoms with Crippen LogP contribution in [0.4, 0.5) is 0 Å². The van der Waals surface area contributed by atoms with Crippen molar-refractivity contribution in [2.45, 2.75) is 32.2 Å². The van der Waals surface area contributed by atoms with E-state index >= 15 is 0 Å². The van der Waals surface area contributed by atoms with Gasteiger partial charge in [-0.15, -0.1) is 11.6 Å². The van der Waals surface area contributed by atoms with Gasteiger partial charge in [-0.3, -0.25) is 9.48 Å². The summed E-state index contributed by atoms with van der Waals surface area (Å²) in [7, 11) is 1.83. The summed E-state index contributed by atoms with van der Waals surface area (Å²) in [5.41, 5.74) is 1.49. The monoisotopic (exact) mass is 255 g/mol. The van der Waals surface area contributed by atoms with Crippen LogP contribution in [0.1, 0.15) is 35.3 Å². The van der Waals surface area contributed by atoms with Gasteiger partial charge in [0.2, 0.25) is 0 Å². The van der Waals surface area contributed by atoms with E-state index in [4.69, 9.17) is 11.6 Å². The van der Waals surface area contributed by atoms with Gasteiger partial charge in [0, 0.05) is 31.7 Å². The molecule has 0 aliphatic carbocycles. The van der Waals surface area contributed by atoms with Gasteiger partial charge in [-0.25, -0.2) is 0 Å². The highest BCUT2D eigenvalue weighted by Gasteiger charge is 2.28. The summed E-state index contributed by atoms with van der Waals surface area (Å²) in [6.45, 7) is 2.68. The Kier molecular flexibility index (Phi) is 3.72. The number of aromatic nitrogens is 2. The topological polar surface area (TPSA) is 38.1 Å². The van der Waals surface area contributed by atoms with Crippen molar-refractivity contribution in [2.75, 3.05) is 12.4 Å². The Labute approximate surface area is 107 Å². The second-order valence-electron chi connectivity index (χ2n) is 4.60. The van der Waals surface area contributed by atoms with Crippen LogP contribution >= 0.6 is 11.6 Å². The van der Waals surface area contributed by atoms with Crippen LogP contribution in [0.15, 0.2) is 6.20 Å². The molecule has 5 heteroatoms. The lowest BCUT2D eigenvalue weighted by Crippen LogP contribution is -2.44. The minimum Gasteiger partial charge on any atom is -0.334 e. The van der Waals surface area contributed by atoms with Crippen molar-refractivity contribution in [3.63, 3.8) is 0 Å². The lowest BCUT2D eigenvalue weighted by molar-refractivity contribution is 0.0638. The number of carbonyl (C=O) groups is 1. The van der Waals surface area contributed by atoms with Gasteiger partial charge in [0.15, 0.2) is 0 Å². The number of rotatable bonds is 2. The molecule has 1 aromatic rings. The minimum atomic E-state index is 0.0703. The Hall–Kier alpha value is -1.03. The van der Waals surface area contributed by atoms with Crippen molar-refractivity contribution in [2.24, 2.45) is 7.05 Å². The first-order valence-electron chi connectivity index (χ1n) is 6.00. The number of carbonyl (C=O) groups excluding carboxylic acids is 1. The van der Waals surface area contributed by atoms with Crippen LogP contribution in [-0.4, -0.2) is 39.1 Å². The Morgan fingerprint density at radius 2 is 2.35 bits per heavy atom. The standard InChI is InChI=1S/C12H18ClN3O/c1-9-11(8-15(2)14-9)12(17)16-6-4-3-5-10(16)7-13/h8,10H,3-7H2,1-2H3. The van der Waals surface area contributed by atoms with Gasteiger partial charge in [0.05, 0.1) is 11.3 Å². The normalized spacial score (nSPS) is 20.6. The van der Waals surface area contributed by atoms with E-state index in [0.29, 0.717) is 11.4 Å². The number of hydrogen-bond acceptors (Lipinski definition) is 2. The highest BCUT2D eigenvalue weighted by Crippen LogP contribution is 2.21. The maximum Gasteiger partial charge on any atom is 0.257 e. The van der Waals surface area contributed by atoms with E-state index in [0.717, 1.165) is 31.5 Å². The quantitative estimate of drug-likeness (QED) is 0.758. The molecule has 1 saturated heterocycles. The molecular weight excluding hydrogens is 238 g/mol. The van der Waals surface area contributed by atoms with Gasteiger partial charge < -0.3 is 4.90 Å². The lowest BCUT2D eigenvalue weighted by Gasteiger charge is -2.34. The molecular formula is C12H18ClN3O. The number of piperidine rings is 1. The van der Waals surface area contributed by atoms with Crippen LogP contribution in [0, 0.1) is 6.92 Å². The molecule has 2 rings (SSSR count). The molecule has 1 aromatic heterocycles. The minimum absolute atomic E-state index is 0.0703. The van der Waals surface area contributed by atoms with E-state index in [-0.39, 0.29) is 11.9 Å². The molecule has 0 aromatic carbocycles. The third-order valence-corrected chi connectivity index (χ3v) is 3.67. The number of alkyl halides is 1. The number of nitrogens with zero attached hydrogens (tertiary/aromatic N) is 3. The van der Waals surface area contributed by atoms with Gasteiger partial charge in [-0.05, 0) is 26.2 Å². The Morgan fingerprint density at radius 3 is 2.94 bits per heavy atom. The second kappa shape index (κ2) is 5.08. The Bertz CT molecular complexity index is 416. The fourth-order valence-electron chi connectivity index (χ4n) is 2.39. The molecule has 0 bridgehead atoms. The number of hydrogen-bond donors (Lipinski definition) is 0. The lowest BCUT2D eigenvalue weighted by atomic mass is 10.0.